The van der Waals surface area contributed by atoms with Crippen LogP contribution in [0.1, 0.15) is 27.0 Å². The van der Waals surface area contributed by atoms with Gasteiger partial charge in [0.2, 0.25) is 0 Å². The van der Waals surface area contributed by atoms with Gasteiger partial charge < -0.3 is 5.32 Å². The van der Waals surface area contributed by atoms with Gasteiger partial charge >= 0.3 is 0 Å². The molecule has 0 saturated heterocycles. The predicted molar refractivity (Wildman–Crippen MR) is 88.1 cm³/mol. The largest absolute Gasteiger partial charge is 0.320 e. The van der Waals surface area contributed by atoms with Crippen molar-refractivity contribution < 1.29 is 4.79 Å². The summed E-state index contributed by atoms with van der Waals surface area (Å²) >= 11 is 1.54. The summed E-state index contributed by atoms with van der Waals surface area (Å²) in [6.45, 7) is 4.15. The number of rotatable bonds is 3. The van der Waals surface area contributed by atoms with Crippen LogP contribution in [-0.4, -0.2) is 10.9 Å². The number of aryl methyl sites for hydroxylation is 2. The highest BCUT2D eigenvalue weighted by molar-refractivity contribution is 7.14. The SMILES string of the molecule is CCc1cc(C(=O)Nc2cnc3ccccc3c2)sc1C. The standard InChI is InChI=1S/C17H16N2OS/c1-3-12-9-16(21-11(12)2)17(20)19-14-8-13-6-4-5-7-15(13)18-10-14/h4-10H,3H2,1-2H3,(H,19,20). The van der Waals surface area contributed by atoms with Crippen molar-refractivity contribution in [1.29, 1.82) is 0 Å². The number of aromatic nitrogens is 1. The first-order chi connectivity index (χ1) is 10.2. The van der Waals surface area contributed by atoms with Gasteiger partial charge in [-0.1, -0.05) is 25.1 Å². The van der Waals surface area contributed by atoms with E-state index < -0.39 is 0 Å². The Hall–Kier alpha value is -2.20. The molecule has 0 unspecified atom stereocenters. The summed E-state index contributed by atoms with van der Waals surface area (Å²) < 4.78 is 0. The average Bonchev–Trinajstić information content (AvgIpc) is 2.88. The van der Waals surface area contributed by atoms with Gasteiger partial charge in [0.1, 0.15) is 0 Å². The average molecular weight is 296 g/mol. The molecule has 0 bridgehead atoms. The molecule has 3 nitrogen and oxygen atoms in total. The summed E-state index contributed by atoms with van der Waals surface area (Å²) in [5.41, 5.74) is 2.89. The number of anilines is 1. The third-order valence-electron chi connectivity index (χ3n) is 3.47. The Morgan fingerprint density at radius 2 is 2.10 bits per heavy atom. The molecule has 3 aromatic rings. The maximum atomic E-state index is 12.3. The summed E-state index contributed by atoms with van der Waals surface area (Å²) in [6, 6.07) is 11.8. The number of pyridine rings is 1. The van der Waals surface area contributed by atoms with Crippen LogP contribution in [-0.2, 0) is 6.42 Å². The van der Waals surface area contributed by atoms with Crippen LogP contribution in [0.5, 0.6) is 0 Å². The molecule has 1 amide bonds. The topological polar surface area (TPSA) is 42.0 Å². The van der Waals surface area contributed by atoms with E-state index in [0.717, 1.165) is 27.9 Å². The number of carbonyl (C=O) groups excluding carboxylic acids is 1. The third kappa shape index (κ3) is 2.81. The molecular formula is C17H16N2OS. The second-order valence-electron chi connectivity index (χ2n) is 4.92. The van der Waals surface area contributed by atoms with Crippen molar-refractivity contribution in [3.63, 3.8) is 0 Å². The van der Waals surface area contributed by atoms with E-state index in [4.69, 9.17) is 0 Å². The van der Waals surface area contributed by atoms with E-state index in [-0.39, 0.29) is 5.91 Å². The minimum atomic E-state index is -0.0696. The highest BCUT2D eigenvalue weighted by Crippen LogP contribution is 2.23. The van der Waals surface area contributed by atoms with Crippen molar-refractivity contribution in [3.05, 3.63) is 57.9 Å². The number of carbonyl (C=O) groups is 1. The van der Waals surface area contributed by atoms with Gasteiger partial charge in [0.05, 0.1) is 22.3 Å². The van der Waals surface area contributed by atoms with Gasteiger partial charge in [-0.15, -0.1) is 11.3 Å². The minimum Gasteiger partial charge on any atom is -0.320 e. The lowest BCUT2D eigenvalue weighted by Gasteiger charge is -2.04. The van der Waals surface area contributed by atoms with E-state index in [9.17, 15) is 4.79 Å². The zero-order valence-electron chi connectivity index (χ0n) is 12.0. The van der Waals surface area contributed by atoms with E-state index in [1.807, 2.05) is 36.4 Å². The zero-order valence-corrected chi connectivity index (χ0v) is 12.8. The molecule has 0 aliphatic heterocycles. The summed E-state index contributed by atoms with van der Waals surface area (Å²) in [4.78, 5) is 18.6. The maximum Gasteiger partial charge on any atom is 0.265 e. The lowest BCUT2D eigenvalue weighted by Crippen LogP contribution is -2.10. The monoisotopic (exact) mass is 296 g/mol. The fraction of sp³-hybridized carbons (Fsp3) is 0.176. The molecule has 21 heavy (non-hydrogen) atoms. The van der Waals surface area contributed by atoms with Crippen LogP contribution in [0.25, 0.3) is 10.9 Å². The number of amides is 1. The van der Waals surface area contributed by atoms with Crippen LogP contribution >= 0.6 is 11.3 Å². The van der Waals surface area contributed by atoms with Crippen molar-refractivity contribution in [1.82, 2.24) is 4.98 Å². The van der Waals surface area contributed by atoms with Gasteiger partial charge in [-0.2, -0.15) is 0 Å². The van der Waals surface area contributed by atoms with Crippen LogP contribution in [0, 0.1) is 6.92 Å². The summed E-state index contributed by atoms with van der Waals surface area (Å²) in [5.74, 6) is -0.0696. The lowest BCUT2D eigenvalue weighted by molar-refractivity contribution is 0.103. The molecule has 0 radical (unpaired) electrons. The third-order valence-corrected chi connectivity index (χ3v) is 4.57. The van der Waals surface area contributed by atoms with Crippen molar-refractivity contribution in [2.24, 2.45) is 0 Å². The molecule has 0 saturated carbocycles. The second-order valence-corrected chi connectivity index (χ2v) is 6.17. The molecule has 0 atom stereocenters. The zero-order chi connectivity index (χ0) is 14.8. The Kier molecular flexibility index (Phi) is 3.71. The van der Waals surface area contributed by atoms with Gasteiger partial charge in [0, 0.05) is 10.3 Å². The van der Waals surface area contributed by atoms with Gasteiger partial charge in [-0.25, -0.2) is 0 Å². The molecule has 0 aliphatic rings. The van der Waals surface area contributed by atoms with E-state index in [0.29, 0.717) is 0 Å². The van der Waals surface area contributed by atoms with Crippen LogP contribution in [0.3, 0.4) is 0 Å². The Morgan fingerprint density at radius 3 is 2.86 bits per heavy atom. The van der Waals surface area contributed by atoms with Crippen LogP contribution in [0.4, 0.5) is 5.69 Å². The molecule has 1 N–H and O–H groups in total. The van der Waals surface area contributed by atoms with Crippen LogP contribution in [0.2, 0.25) is 0 Å². The quantitative estimate of drug-likeness (QED) is 0.777. The molecule has 3 rings (SSSR count). The van der Waals surface area contributed by atoms with Crippen molar-refractivity contribution in [2.45, 2.75) is 20.3 Å². The smallest absolute Gasteiger partial charge is 0.265 e. The fourth-order valence-corrected chi connectivity index (χ4v) is 3.32. The first-order valence-corrected chi connectivity index (χ1v) is 7.74. The Balaban J connectivity index is 1.85. The Morgan fingerprint density at radius 1 is 1.29 bits per heavy atom. The molecule has 1 aromatic carbocycles. The lowest BCUT2D eigenvalue weighted by atomic mass is 10.2. The number of benzene rings is 1. The number of para-hydroxylation sites is 1. The molecule has 0 aliphatic carbocycles. The molecule has 2 heterocycles. The molecular weight excluding hydrogens is 280 g/mol. The van der Waals surface area contributed by atoms with Gasteiger partial charge in [0.15, 0.2) is 0 Å². The first-order valence-electron chi connectivity index (χ1n) is 6.93. The van der Waals surface area contributed by atoms with Gasteiger partial charge in [0.25, 0.3) is 5.91 Å². The second kappa shape index (κ2) is 5.66. The van der Waals surface area contributed by atoms with Gasteiger partial charge in [-0.05, 0) is 37.1 Å². The molecule has 2 aromatic heterocycles. The van der Waals surface area contributed by atoms with E-state index in [1.54, 1.807) is 6.20 Å². The number of fused-ring (bicyclic) bond motifs is 1. The summed E-state index contributed by atoms with van der Waals surface area (Å²) in [6.07, 6.45) is 2.65. The maximum absolute atomic E-state index is 12.3. The van der Waals surface area contributed by atoms with Crippen LogP contribution < -0.4 is 5.32 Å². The number of thiophene rings is 1. The normalized spacial score (nSPS) is 10.8. The molecule has 106 valence electrons. The van der Waals surface area contributed by atoms with Crippen LogP contribution in [0.15, 0.2) is 42.6 Å². The van der Waals surface area contributed by atoms with Gasteiger partial charge in [-0.3, -0.25) is 9.78 Å². The molecule has 0 spiro atoms. The van der Waals surface area contributed by atoms with Crippen molar-refractivity contribution >= 4 is 33.8 Å². The van der Waals surface area contributed by atoms with E-state index in [1.165, 1.54) is 21.8 Å². The van der Waals surface area contributed by atoms with E-state index in [2.05, 4.69) is 24.1 Å². The number of nitrogens with zero attached hydrogens (tertiary/aromatic N) is 1. The number of hydrogen-bond donors (Lipinski definition) is 1. The highest BCUT2D eigenvalue weighted by atomic mass is 32.1. The Labute approximate surface area is 127 Å². The predicted octanol–water partition coefficient (Wildman–Crippen LogP) is 4.42. The minimum absolute atomic E-state index is 0.0696. The summed E-state index contributed by atoms with van der Waals surface area (Å²) in [5, 5.41) is 3.94. The Bertz CT molecular complexity index is 807. The first kappa shape index (κ1) is 13.8. The fourth-order valence-electron chi connectivity index (χ4n) is 2.31. The number of hydrogen-bond acceptors (Lipinski definition) is 3. The summed E-state index contributed by atoms with van der Waals surface area (Å²) in [7, 11) is 0. The van der Waals surface area contributed by atoms with E-state index >= 15 is 0 Å². The highest BCUT2D eigenvalue weighted by Gasteiger charge is 2.12. The number of nitrogens with one attached hydrogen (secondary N) is 1. The van der Waals surface area contributed by atoms with Crippen molar-refractivity contribution in [3.8, 4) is 0 Å². The molecule has 4 heteroatoms. The molecule has 0 fully saturated rings. The van der Waals surface area contributed by atoms with Crippen molar-refractivity contribution in [2.75, 3.05) is 5.32 Å².